The maximum Gasteiger partial charge on any atom is 0.131 e. The molecule has 0 radical (unpaired) electrons. The summed E-state index contributed by atoms with van der Waals surface area (Å²) in [6, 6.07) is 14.0. The smallest absolute Gasteiger partial charge is 0.131 e. The molecule has 0 spiro atoms. The van der Waals surface area contributed by atoms with Crippen molar-refractivity contribution in [2.45, 2.75) is 0 Å². The molecular weight excluding hydrogens is 286 g/mol. The fourth-order valence-corrected chi connectivity index (χ4v) is 2.27. The van der Waals surface area contributed by atoms with Gasteiger partial charge in [-0.2, -0.15) is 0 Å². The molecule has 0 aliphatic carbocycles. The van der Waals surface area contributed by atoms with Crippen LogP contribution >= 0.6 is 0 Å². The number of halogens is 2. The molecule has 0 saturated carbocycles. The van der Waals surface area contributed by atoms with Crippen molar-refractivity contribution in [1.82, 2.24) is 0 Å². The molecule has 4 heteroatoms. The highest BCUT2D eigenvalue weighted by Gasteiger charge is 2.13. The van der Waals surface area contributed by atoms with E-state index in [-0.39, 0.29) is 22.6 Å². The predicted octanol–water partition coefficient (Wildman–Crippen LogP) is 4.71. The van der Waals surface area contributed by atoms with Gasteiger partial charge >= 0.3 is 0 Å². The minimum Gasteiger partial charge on any atom is -0.508 e. The van der Waals surface area contributed by atoms with Crippen LogP contribution in [-0.4, -0.2) is 10.2 Å². The van der Waals surface area contributed by atoms with E-state index in [1.165, 1.54) is 48.5 Å². The standard InChI is InChI=1S/C18H12F2O2/c19-17-10-16(12-3-7-14(22)8-4-12)18(20)9-15(17)11-1-5-13(21)6-2-11/h1-10,21-22H. The normalized spacial score (nSPS) is 10.6. The van der Waals surface area contributed by atoms with Crippen molar-refractivity contribution in [3.63, 3.8) is 0 Å². The summed E-state index contributed by atoms with van der Waals surface area (Å²) in [7, 11) is 0. The van der Waals surface area contributed by atoms with E-state index in [1.54, 1.807) is 0 Å². The number of phenols is 2. The molecule has 0 heterocycles. The molecule has 3 aromatic rings. The zero-order valence-corrected chi connectivity index (χ0v) is 11.4. The average Bonchev–Trinajstić information content (AvgIpc) is 2.51. The molecule has 0 aliphatic heterocycles. The second-order valence-corrected chi connectivity index (χ2v) is 4.91. The van der Waals surface area contributed by atoms with Crippen LogP contribution in [0.5, 0.6) is 11.5 Å². The van der Waals surface area contributed by atoms with Crippen LogP contribution in [-0.2, 0) is 0 Å². The third-order valence-corrected chi connectivity index (χ3v) is 3.41. The Morgan fingerprint density at radius 1 is 0.545 bits per heavy atom. The van der Waals surface area contributed by atoms with Crippen molar-refractivity contribution < 1.29 is 19.0 Å². The molecule has 3 rings (SSSR count). The minimum atomic E-state index is -0.560. The molecule has 0 aromatic heterocycles. The summed E-state index contributed by atoms with van der Waals surface area (Å²) in [5, 5.41) is 18.5. The summed E-state index contributed by atoms with van der Waals surface area (Å²) < 4.78 is 28.6. The van der Waals surface area contributed by atoms with E-state index >= 15 is 0 Å². The molecule has 0 aliphatic rings. The maximum atomic E-state index is 14.3. The van der Waals surface area contributed by atoms with Gasteiger partial charge in [-0.3, -0.25) is 0 Å². The Morgan fingerprint density at radius 3 is 1.18 bits per heavy atom. The zero-order valence-electron chi connectivity index (χ0n) is 11.4. The highest BCUT2D eigenvalue weighted by Crippen LogP contribution is 2.32. The average molecular weight is 298 g/mol. The van der Waals surface area contributed by atoms with Crippen LogP contribution < -0.4 is 0 Å². The van der Waals surface area contributed by atoms with E-state index in [0.29, 0.717) is 11.1 Å². The first-order valence-corrected chi connectivity index (χ1v) is 6.62. The van der Waals surface area contributed by atoms with Crippen LogP contribution in [0.4, 0.5) is 8.78 Å². The fraction of sp³-hybridized carbons (Fsp3) is 0. The molecular formula is C18H12F2O2. The Balaban J connectivity index is 2.08. The Hall–Kier alpha value is -2.88. The van der Waals surface area contributed by atoms with E-state index in [1.807, 2.05) is 0 Å². The molecule has 0 saturated heterocycles. The first-order valence-electron chi connectivity index (χ1n) is 6.62. The Bertz CT molecular complexity index is 738. The first kappa shape index (κ1) is 14.1. The van der Waals surface area contributed by atoms with Crippen LogP contribution in [0.15, 0.2) is 60.7 Å². The second-order valence-electron chi connectivity index (χ2n) is 4.91. The topological polar surface area (TPSA) is 40.5 Å². The van der Waals surface area contributed by atoms with Crippen LogP contribution in [0.25, 0.3) is 22.3 Å². The van der Waals surface area contributed by atoms with Crippen molar-refractivity contribution >= 4 is 0 Å². The summed E-state index contributed by atoms with van der Waals surface area (Å²) in [6.45, 7) is 0. The highest BCUT2D eigenvalue weighted by atomic mass is 19.1. The third kappa shape index (κ3) is 2.63. The van der Waals surface area contributed by atoms with Crippen molar-refractivity contribution in [1.29, 1.82) is 0 Å². The van der Waals surface area contributed by atoms with Crippen molar-refractivity contribution in [3.8, 4) is 33.8 Å². The predicted molar refractivity (Wildman–Crippen MR) is 80.6 cm³/mol. The minimum absolute atomic E-state index is 0.0605. The number of hydrogen-bond donors (Lipinski definition) is 2. The van der Waals surface area contributed by atoms with Crippen molar-refractivity contribution in [2.24, 2.45) is 0 Å². The molecule has 0 amide bonds. The van der Waals surface area contributed by atoms with E-state index in [0.717, 1.165) is 12.1 Å². The van der Waals surface area contributed by atoms with Gasteiger partial charge in [0.2, 0.25) is 0 Å². The molecule has 0 unspecified atom stereocenters. The maximum absolute atomic E-state index is 14.3. The quantitative estimate of drug-likeness (QED) is 0.719. The largest absolute Gasteiger partial charge is 0.508 e. The summed E-state index contributed by atoms with van der Waals surface area (Å²) in [5.74, 6) is -0.999. The summed E-state index contributed by atoms with van der Waals surface area (Å²) in [4.78, 5) is 0. The fourth-order valence-electron chi connectivity index (χ4n) is 2.27. The van der Waals surface area contributed by atoms with Gasteiger partial charge in [0.1, 0.15) is 23.1 Å². The molecule has 0 fully saturated rings. The second kappa shape index (κ2) is 5.48. The summed E-state index contributed by atoms with van der Waals surface area (Å²) in [5.41, 5.74) is 1.21. The Labute approximate surface area is 125 Å². The first-order chi connectivity index (χ1) is 10.5. The van der Waals surface area contributed by atoms with E-state index < -0.39 is 11.6 Å². The summed E-state index contributed by atoms with van der Waals surface area (Å²) >= 11 is 0. The molecule has 2 N–H and O–H groups in total. The number of aromatic hydroxyl groups is 2. The van der Waals surface area contributed by atoms with E-state index in [9.17, 15) is 19.0 Å². The molecule has 110 valence electrons. The van der Waals surface area contributed by atoms with Gasteiger partial charge in [-0.25, -0.2) is 8.78 Å². The van der Waals surface area contributed by atoms with Crippen LogP contribution in [0.3, 0.4) is 0 Å². The highest BCUT2D eigenvalue weighted by molar-refractivity contribution is 5.72. The number of hydrogen-bond acceptors (Lipinski definition) is 2. The molecule has 2 nitrogen and oxygen atoms in total. The summed E-state index contributed by atoms with van der Waals surface area (Å²) in [6.07, 6.45) is 0. The van der Waals surface area contributed by atoms with Crippen molar-refractivity contribution in [3.05, 3.63) is 72.3 Å². The van der Waals surface area contributed by atoms with E-state index in [2.05, 4.69) is 0 Å². The Morgan fingerprint density at radius 2 is 0.864 bits per heavy atom. The molecule has 0 bridgehead atoms. The number of benzene rings is 3. The third-order valence-electron chi connectivity index (χ3n) is 3.41. The van der Waals surface area contributed by atoms with Gasteiger partial charge in [0.05, 0.1) is 0 Å². The van der Waals surface area contributed by atoms with Crippen molar-refractivity contribution in [2.75, 3.05) is 0 Å². The molecule has 22 heavy (non-hydrogen) atoms. The lowest BCUT2D eigenvalue weighted by atomic mass is 9.99. The lowest BCUT2D eigenvalue weighted by Gasteiger charge is -2.09. The van der Waals surface area contributed by atoms with Crippen LogP contribution in [0, 0.1) is 11.6 Å². The molecule has 3 aromatic carbocycles. The van der Waals surface area contributed by atoms with Gasteiger partial charge in [0.25, 0.3) is 0 Å². The van der Waals surface area contributed by atoms with Crippen LogP contribution in [0.2, 0.25) is 0 Å². The van der Waals surface area contributed by atoms with Gasteiger partial charge in [0.15, 0.2) is 0 Å². The van der Waals surface area contributed by atoms with Gasteiger partial charge in [0, 0.05) is 11.1 Å². The lowest BCUT2D eigenvalue weighted by molar-refractivity contribution is 0.475. The number of rotatable bonds is 2. The zero-order chi connectivity index (χ0) is 15.7. The van der Waals surface area contributed by atoms with Gasteiger partial charge in [-0.05, 0) is 47.5 Å². The van der Waals surface area contributed by atoms with Gasteiger partial charge < -0.3 is 10.2 Å². The SMILES string of the molecule is Oc1ccc(-c2cc(F)c(-c3ccc(O)cc3)cc2F)cc1. The van der Waals surface area contributed by atoms with Gasteiger partial charge in [-0.1, -0.05) is 24.3 Å². The Kier molecular flexibility index (Phi) is 3.51. The lowest BCUT2D eigenvalue weighted by Crippen LogP contribution is -1.91. The van der Waals surface area contributed by atoms with Crippen LogP contribution in [0.1, 0.15) is 0 Å². The molecule has 0 atom stereocenters. The monoisotopic (exact) mass is 298 g/mol. The van der Waals surface area contributed by atoms with E-state index in [4.69, 9.17) is 0 Å². The number of phenolic OH excluding ortho intramolecular Hbond substituents is 2. The van der Waals surface area contributed by atoms with Gasteiger partial charge in [-0.15, -0.1) is 0 Å².